The van der Waals surface area contributed by atoms with Gasteiger partial charge < -0.3 is 14.4 Å². The van der Waals surface area contributed by atoms with Crippen molar-refractivity contribution < 1.29 is 14.6 Å². The van der Waals surface area contributed by atoms with Crippen molar-refractivity contribution in [3.63, 3.8) is 0 Å². The highest BCUT2D eigenvalue weighted by molar-refractivity contribution is 5.93. The van der Waals surface area contributed by atoms with Crippen LogP contribution in [0.1, 0.15) is 18.1 Å². The van der Waals surface area contributed by atoms with Crippen LogP contribution in [0.15, 0.2) is 72.5 Å². The number of nitriles is 1. The third-order valence-corrected chi connectivity index (χ3v) is 4.11. The minimum atomic E-state index is -0.966. The molecule has 134 valence electrons. The maximum Gasteiger partial charge on any atom is 0.331 e. The van der Waals surface area contributed by atoms with Crippen molar-refractivity contribution >= 4 is 23.1 Å². The molecule has 5 heteroatoms. The van der Waals surface area contributed by atoms with Crippen molar-refractivity contribution in [2.24, 2.45) is 0 Å². The van der Waals surface area contributed by atoms with Gasteiger partial charge in [0.25, 0.3) is 0 Å². The maximum atomic E-state index is 10.9. The van der Waals surface area contributed by atoms with Crippen molar-refractivity contribution in [2.75, 3.05) is 0 Å². The Labute approximate surface area is 157 Å². The summed E-state index contributed by atoms with van der Waals surface area (Å²) in [6.07, 6.45) is 6.58. The van der Waals surface area contributed by atoms with Gasteiger partial charge in [-0.1, -0.05) is 42.5 Å². The Morgan fingerprint density at radius 1 is 1.22 bits per heavy atom. The molecule has 0 bridgehead atoms. The summed E-state index contributed by atoms with van der Waals surface area (Å²) in [6, 6.07) is 17.6. The Hall–Kier alpha value is -3.78. The van der Waals surface area contributed by atoms with Crippen molar-refractivity contribution in [1.82, 2.24) is 4.57 Å². The molecular formula is C22H18N2O3. The molecule has 0 aliphatic rings. The molecule has 0 atom stereocenters. The Balaban J connectivity index is 1.95. The summed E-state index contributed by atoms with van der Waals surface area (Å²) < 4.78 is 7.74. The van der Waals surface area contributed by atoms with Gasteiger partial charge in [-0.25, -0.2) is 4.79 Å². The molecule has 0 aliphatic carbocycles. The van der Waals surface area contributed by atoms with Crippen molar-refractivity contribution in [1.29, 1.82) is 5.26 Å². The van der Waals surface area contributed by atoms with E-state index in [9.17, 15) is 10.1 Å². The normalized spacial score (nSPS) is 11.6. The standard InChI is InChI=1S/C22H18N2O3/c1-16(22(25)26)7-6-12-24-14-18(13-23)21-19(24)10-5-11-20(21)27-15-17-8-3-2-4-9-17/h2-12,14H,15H2,1H3,(H,25,26)/b12-6?,16-7+. The number of aromatic nitrogens is 1. The van der Waals surface area contributed by atoms with Gasteiger partial charge in [0.15, 0.2) is 0 Å². The van der Waals surface area contributed by atoms with Gasteiger partial charge >= 0.3 is 5.97 Å². The number of rotatable bonds is 6. The molecule has 1 N–H and O–H groups in total. The Morgan fingerprint density at radius 2 is 2.00 bits per heavy atom. The van der Waals surface area contributed by atoms with Crippen molar-refractivity contribution in [3.05, 3.63) is 83.6 Å². The van der Waals surface area contributed by atoms with Gasteiger partial charge in [-0.3, -0.25) is 0 Å². The molecule has 0 saturated heterocycles. The predicted molar refractivity (Wildman–Crippen MR) is 104 cm³/mol. The van der Waals surface area contributed by atoms with Crippen LogP contribution in [0.4, 0.5) is 0 Å². The topological polar surface area (TPSA) is 75.2 Å². The third-order valence-electron chi connectivity index (χ3n) is 4.11. The van der Waals surface area contributed by atoms with E-state index >= 15 is 0 Å². The van der Waals surface area contributed by atoms with Crippen LogP contribution in [-0.2, 0) is 11.4 Å². The number of carboxylic acid groups (broad SMARTS) is 1. The fraction of sp³-hybridized carbons (Fsp3) is 0.0909. The third kappa shape index (κ3) is 4.07. The van der Waals surface area contributed by atoms with Crippen molar-refractivity contribution in [3.8, 4) is 11.8 Å². The average Bonchev–Trinajstić information content (AvgIpc) is 3.05. The van der Waals surface area contributed by atoms with Gasteiger partial charge in [-0.2, -0.15) is 5.26 Å². The first-order valence-corrected chi connectivity index (χ1v) is 8.39. The molecule has 3 aromatic rings. The fourth-order valence-electron chi connectivity index (χ4n) is 2.69. The molecule has 0 fully saturated rings. The highest BCUT2D eigenvalue weighted by Crippen LogP contribution is 2.31. The lowest BCUT2D eigenvalue weighted by molar-refractivity contribution is -0.132. The molecule has 0 aliphatic heterocycles. The van der Waals surface area contributed by atoms with Crippen LogP contribution in [0.25, 0.3) is 17.1 Å². The lowest BCUT2D eigenvalue weighted by atomic mass is 10.1. The smallest absolute Gasteiger partial charge is 0.331 e. The van der Waals surface area contributed by atoms with Crippen LogP contribution < -0.4 is 4.74 Å². The van der Waals surface area contributed by atoms with E-state index in [1.54, 1.807) is 23.0 Å². The van der Waals surface area contributed by atoms with E-state index in [0.717, 1.165) is 16.5 Å². The molecule has 0 saturated carbocycles. The largest absolute Gasteiger partial charge is 0.488 e. The van der Waals surface area contributed by atoms with E-state index in [1.165, 1.54) is 13.0 Å². The van der Waals surface area contributed by atoms with Gasteiger partial charge in [0.05, 0.1) is 16.5 Å². The minimum absolute atomic E-state index is 0.232. The number of aliphatic carboxylic acids is 1. The first-order valence-electron chi connectivity index (χ1n) is 8.39. The van der Waals surface area contributed by atoms with E-state index < -0.39 is 5.97 Å². The second kappa shape index (κ2) is 8.07. The van der Waals surface area contributed by atoms with Crippen LogP contribution in [0.3, 0.4) is 0 Å². The number of hydrogen-bond donors (Lipinski definition) is 1. The first-order chi connectivity index (χ1) is 13.1. The van der Waals surface area contributed by atoms with Gasteiger partial charge in [0, 0.05) is 18.0 Å². The van der Waals surface area contributed by atoms with Gasteiger partial charge in [-0.15, -0.1) is 0 Å². The van der Waals surface area contributed by atoms with E-state index in [2.05, 4.69) is 6.07 Å². The van der Waals surface area contributed by atoms with Crippen molar-refractivity contribution in [2.45, 2.75) is 13.5 Å². The molecule has 2 aromatic carbocycles. The Kier molecular flexibility index (Phi) is 5.38. The highest BCUT2D eigenvalue weighted by Gasteiger charge is 2.12. The Morgan fingerprint density at radius 3 is 2.70 bits per heavy atom. The second-order valence-electron chi connectivity index (χ2n) is 5.98. The molecule has 1 heterocycles. The molecule has 0 unspecified atom stereocenters. The zero-order chi connectivity index (χ0) is 19.2. The predicted octanol–water partition coefficient (Wildman–Crippen LogP) is 4.59. The zero-order valence-electron chi connectivity index (χ0n) is 14.8. The number of carboxylic acids is 1. The molecule has 1 aromatic heterocycles. The Bertz CT molecular complexity index is 1070. The van der Waals surface area contributed by atoms with Crippen LogP contribution >= 0.6 is 0 Å². The summed E-state index contributed by atoms with van der Waals surface area (Å²) >= 11 is 0. The summed E-state index contributed by atoms with van der Waals surface area (Å²) in [7, 11) is 0. The maximum absolute atomic E-state index is 10.9. The number of carbonyl (C=O) groups is 1. The summed E-state index contributed by atoms with van der Waals surface area (Å²) in [5.41, 5.74) is 2.59. The van der Waals surface area contributed by atoms with Crippen LogP contribution in [0.5, 0.6) is 5.75 Å². The summed E-state index contributed by atoms with van der Waals surface area (Å²) in [5.74, 6) is -0.330. The number of fused-ring (bicyclic) bond motifs is 1. The second-order valence-corrected chi connectivity index (χ2v) is 5.98. The number of benzene rings is 2. The molecular weight excluding hydrogens is 340 g/mol. The molecule has 5 nitrogen and oxygen atoms in total. The average molecular weight is 358 g/mol. The first kappa shape index (κ1) is 18.0. The van der Waals surface area contributed by atoms with E-state index in [0.29, 0.717) is 17.9 Å². The summed E-state index contributed by atoms with van der Waals surface area (Å²) in [4.78, 5) is 10.9. The monoisotopic (exact) mass is 358 g/mol. The summed E-state index contributed by atoms with van der Waals surface area (Å²) in [5, 5.41) is 19.2. The lowest BCUT2D eigenvalue weighted by Gasteiger charge is -2.08. The lowest BCUT2D eigenvalue weighted by Crippen LogP contribution is -1.96. The number of allylic oxidation sites excluding steroid dienone is 2. The van der Waals surface area contributed by atoms with Crippen LogP contribution in [-0.4, -0.2) is 15.6 Å². The molecule has 0 radical (unpaired) electrons. The molecule has 3 rings (SSSR count). The summed E-state index contributed by atoms with van der Waals surface area (Å²) in [6.45, 7) is 1.93. The quantitative estimate of drug-likeness (QED) is 0.516. The number of nitrogens with zero attached hydrogens (tertiary/aromatic N) is 2. The number of ether oxygens (including phenoxy) is 1. The fourth-order valence-corrected chi connectivity index (χ4v) is 2.69. The molecule has 27 heavy (non-hydrogen) atoms. The van der Waals surface area contributed by atoms with Gasteiger partial charge in [-0.05, 0) is 30.7 Å². The zero-order valence-corrected chi connectivity index (χ0v) is 14.8. The van der Waals surface area contributed by atoms with E-state index in [1.807, 2.05) is 48.5 Å². The van der Waals surface area contributed by atoms with Crippen LogP contribution in [0.2, 0.25) is 0 Å². The highest BCUT2D eigenvalue weighted by atomic mass is 16.5. The van der Waals surface area contributed by atoms with E-state index in [-0.39, 0.29) is 5.57 Å². The minimum Gasteiger partial charge on any atom is -0.488 e. The molecule has 0 amide bonds. The SMILES string of the molecule is C/C(=C\C=Cn1cc(C#N)c2c(OCc3ccccc3)cccc21)C(=O)O. The molecule has 0 spiro atoms. The van der Waals surface area contributed by atoms with Gasteiger partial charge in [0.1, 0.15) is 18.4 Å². The van der Waals surface area contributed by atoms with Gasteiger partial charge in [0.2, 0.25) is 0 Å². The number of hydrogen-bond acceptors (Lipinski definition) is 3. The van der Waals surface area contributed by atoms with Crippen LogP contribution in [0, 0.1) is 11.3 Å². The van der Waals surface area contributed by atoms with E-state index in [4.69, 9.17) is 9.84 Å².